The van der Waals surface area contributed by atoms with Crippen LogP contribution in [0.1, 0.15) is 316 Å². The van der Waals surface area contributed by atoms with Crippen LogP contribution >= 0.6 is 15.6 Å². The van der Waals surface area contributed by atoms with E-state index in [1.165, 1.54) is 103 Å². The zero-order chi connectivity index (χ0) is 75.2. The first-order chi connectivity index (χ1) is 50.2. The number of allylic oxidation sites excluding steroid dienone is 24. The fraction of sp³-hybridized carbons (Fsp3) is 0.682. The Hall–Kier alpha value is -4.57. The Kier molecular flexibility index (Phi) is 73.6. The van der Waals surface area contributed by atoms with Crippen LogP contribution in [0.3, 0.4) is 0 Å². The van der Waals surface area contributed by atoms with Crippen molar-refractivity contribution in [2.24, 2.45) is 0 Å². The maximum atomic E-state index is 13.0. The molecule has 103 heavy (non-hydrogen) atoms. The minimum Gasteiger partial charge on any atom is -0.463 e. The molecule has 0 rings (SSSR count). The predicted octanol–water partition coefficient (Wildman–Crippen LogP) is 23.7. The summed E-state index contributed by atoms with van der Waals surface area (Å²) in [6.45, 7) is 2.38. The smallest absolute Gasteiger partial charge is 0.463 e. The molecular weight excluding hydrogens is 1340 g/mol. The highest BCUT2D eigenvalue weighted by Gasteiger charge is 2.29. The molecule has 0 aromatic heterocycles. The molecule has 0 amide bonds. The molecule has 0 saturated heterocycles. The Morgan fingerprint density at radius 3 is 0.825 bits per heavy atom. The summed E-state index contributed by atoms with van der Waals surface area (Å²) in [5.74, 6) is -1.63. The van der Waals surface area contributed by atoms with Crippen molar-refractivity contribution in [3.8, 4) is 0 Å². The lowest BCUT2D eigenvalue weighted by Crippen LogP contribution is -2.30. The van der Waals surface area contributed by atoms with Crippen LogP contribution in [-0.4, -0.2) is 95.9 Å². The molecular formula is C85H144O16P2. The van der Waals surface area contributed by atoms with Crippen LogP contribution in [0.25, 0.3) is 0 Å². The predicted molar refractivity (Wildman–Crippen MR) is 426 cm³/mol. The number of hydrogen-bond donors (Lipinski definition) is 4. The minimum absolute atomic E-state index is 0.0816. The van der Waals surface area contributed by atoms with Crippen LogP contribution in [-0.2, 0) is 55.8 Å². The first-order valence-electron chi connectivity index (χ1n) is 40.1. The maximum absolute atomic E-state index is 13.0. The Balaban J connectivity index is 4.53. The lowest BCUT2D eigenvalue weighted by Gasteiger charge is -2.21. The molecule has 590 valence electrons. The van der Waals surface area contributed by atoms with Gasteiger partial charge in [0.2, 0.25) is 0 Å². The Labute approximate surface area is 626 Å². The normalized spacial score (nSPS) is 14.7. The van der Waals surface area contributed by atoms with Crippen molar-refractivity contribution in [3.63, 3.8) is 0 Å². The molecule has 0 aliphatic carbocycles. The summed E-state index contributed by atoms with van der Waals surface area (Å²) in [6, 6.07) is 0. The highest BCUT2D eigenvalue weighted by atomic mass is 31.2. The van der Waals surface area contributed by atoms with Gasteiger partial charge in [-0.2, -0.15) is 0 Å². The molecule has 4 N–H and O–H groups in total. The number of esters is 3. The van der Waals surface area contributed by atoms with Crippen LogP contribution in [0.4, 0.5) is 0 Å². The van der Waals surface area contributed by atoms with E-state index in [1.54, 1.807) is 0 Å². The van der Waals surface area contributed by atoms with Gasteiger partial charge in [0.05, 0.1) is 26.4 Å². The summed E-state index contributed by atoms with van der Waals surface area (Å²) in [5, 5.41) is 20.6. The SMILES string of the molecule is CC/C=C\C/C=C\C/C=C\C/C=C\C/C=C\CCCCCC(=O)OCC(COP(=O)(O)OCC(O)COP(=O)(O)OCC(O)COC(=O)CCCCCCCCCCCCCCCCC/C=C\C/C=C\C/C=C\C/C=C\CCCCC)OC(=O)CCCCCCCCC/C=C\C/C=C\C/C=C\CC. The number of ether oxygens (including phenoxy) is 3. The zero-order valence-electron chi connectivity index (χ0n) is 64.4. The van der Waals surface area contributed by atoms with E-state index in [9.17, 15) is 43.5 Å². The van der Waals surface area contributed by atoms with Crippen molar-refractivity contribution >= 4 is 33.6 Å². The molecule has 5 unspecified atom stereocenters. The molecule has 5 atom stereocenters. The fourth-order valence-corrected chi connectivity index (χ4v) is 12.1. The van der Waals surface area contributed by atoms with E-state index in [1.807, 2.05) is 0 Å². The van der Waals surface area contributed by atoms with Gasteiger partial charge in [0.25, 0.3) is 0 Å². The van der Waals surface area contributed by atoms with Gasteiger partial charge in [-0.3, -0.25) is 32.5 Å². The van der Waals surface area contributed by atoms with Gasteiger partial charge >= 0.3 is 33.6 Å². The van der Waals surface area contributed by atoms with E-state index in [0.29, 0.717) is 19.3 Å². The molecule has 0 radical (unpaired) electrons. The van der Waals surface area contributed by atoms with Gasteiger partial charge in [0.15, 0.2) is 6.10 Å². The number of carbonyl (C=O) groups excluding carboxylic acids is 3. The monoisotopic (exact) mass is 1480 g/mol. The highest BCUT2D eigenvalue weighted by molar-refractivity contribution is 7.47. The van der Waals surface area contributed by atoms with Crippen molar-refractivity contribution in [2.45, 2.75) is 334 Å². The second-order valence-corrected chi connectivity index (χ2v) is 29.4. The number of rotatable bonds is 75. The summed E-state index contributed by atoms with van der Waals surface area (Å²) in [7, 11) is -9.81. The number of phosphoric acid groups is 2. The Morgan fingerprint density at radius 1 is 0.282 bits per heavy atom. The molecule has 0 spiro atoms. The highest BCUT2D eigenvalue weighted by Crippen LogP contribution is 2.45. The lowest BCUT2D eigenvalue weighted by molar-refractivity contribution is -0.161. The number of aliphatic hydroxyl groups excluding tert-OH is 2. The molecule has 0 aromatic carbocycles. The van der Waals surface area contributed by atoms with E-state index < -0.39 is 91.5 Å². The Morgan fingerprint density at radius 2 is 0.515 bits per heavy atom. The molecule has 0 aliphatic rings. The topological polar surface area (TPSA) is 231 Å². The van der Waals surface area contributed by atoms with Gasteiger partial charge in [-0.15, -0.1) is 0 Å². The van der Waals surface area contributed by atoms with Gasteiger partial charge in [-0.25, -0.2) is 9.13 Å². The summed E-state index contributed by atoms with van der Waals surface area (Å²) >= 11 is 0. The molecule has 0 bridgehead atoms. The summed E-state index contributed by atoms with van der Waals surface area (Å²) in [6.07, 6.45) is 94.7. The van der Waals surface area contributed by atoms with Crippen molar-refractivity contribution < 1.29 is 75.8 Å². The van der Waals surface area contributed by atoms with E-state index in [0.717, 1.165) is 154 Å². The summed E-state index contributed by atoms with van der Waals surface area (Å²) in [4.78, 5) is 58.7. The van der Waals surface area contributed by atoms with Crippen molar-refractivity contribution in [2.75, 3.05) is 39.6 Å². The van der Waals surface area contributed by atoms with E-state index in [2.05, 4.69) is 167 Å². The van der Waals surface area contributed by atoms with Crippen LogP contribution < -0.4 is 0 Å². The van der Waals surface area contributed by atoms with Gasteiger partial charge in [-0.05, 0) is 141 Å². The molecule has 0 saturated carbocycles. The zero-order valence-corrected chi connectivity index (χ0v) is 66.2. The minimum atomic E-state index is -4.95. The first-order valence-corrected chi connectivity index (χ1v) is 43.1. The van der Waals surface area contributed by atoms with E-state index in [-0.39, 0.29) is 19.3 Å². The van der Waals surface area contributed by atoms with Gasteiger partial charge in [0.1, 0.15) is 25.4 Å². The van der Waals surface area contributed by atoms with Crippen molar-refractivity contribution in [3.05, 3.63) is 146 Å². The molecule has 16 nitrogen and oxygen atoms in total. The second-order valence-electron chi connectivity index (χ2n) is 26.5. The molecule has 18 heteroatoms. The molecule has 0 heterocycles. The first kappa shape index (κ1) is 98.4. The van der Waals surface area contributed by atoms with Gasteiger partial charge in [-0.1, -0.05) is 301 Å². The average molecular weight is 1480 g/mol. The number of aliphatic hydroxyl groups is 2. The van der Waals surface area contributed by atoms with Crippen LogP contribution in [0.15, 0.2) is 146 Å². The van der Waals surface area contributed by atoms with Crippen molar-refractivity contribution in [1.82, 2.24) is 0 Å². The third kappa shape index (κ3) is 78.3. The van der Waals surface area contributed by atoms with Crippen LogP contribution in [0.5, 0.6) is 0 Å². The number of unbranched alkanes of at least 4 members (excludes halogenated alkanes) is 28. The summed E-state index contributed by atoms with van der Waals surface area (Å²) < 4.78 is 61.1. The van der Waals surface area contributed by atoms with E-state index in [4.69, 9.17) is 32.3 Å². The molecule has 0 aliphatic heterocycles. The largest absolute Gasteiger partial charge is 0.472 e. The number of hydrogen-bond acceptors (Lipinski definition) is 14. The second kappa shape index (κ2) is 77.1. The van der Waals surface area contributed by atoms with Crippen LogP contribution in [0.2, 0.25) is 0 Å². The number of phosphoric ester groups is 2. The standard InChI is InChI=1S/C85H144O16P2/c1-4-7-10-13-16-19-22-25-28-31-33-34-35-36-37-38-39-40-41-42-43-44-46-49-50-53-56-59-62-65-68-71-83(88)95-74-80(86)75-97-102(91,92)98-76-81(87)77-99-103(93,94)100-79-82(101-85(90)73-70-67-64-61-58-55-52-47-30-27-24-21-18-15-12-9-6-3)78-96-84(89)72-69-66-63-60-57-54-51-48-45-32-29-26-23-20-17-14-11-8-5-2/h8-9,11-12,16-21,25-30,33-34,36-37,45,48,54,57,80-82,86-87H,4-7,10,13-15,22-24,31-32,35,38-44,46-47,49-53,55-56,58-79H2,1-3H3,(H,91,92)(H,93,94)/b11-8-,12-9-,19-16-,20-17-,21-18-,28-25-,29-26-,30-27-,34-33-,37-36-,48-45-,57-54-. The lowest BCUT2D eigenvalue weighted by atomic mass is 10.0. The summed E-state index contributed by atoms with van der Waals surface area (Å²) in [5.41, 5.74) is 0. The fourth-order valence-electron chi connectivity index (χ4n) is 10.5. The van der Waals surface area contributed by atoms with Gasteiger partial charge in [0, 0.05) is 19.3 Å². The third-order valence-corrected chi connectivity index (χ3v) is 18.4. The van der Waals surface area contributed by atoms with E-state index >= 15 is 0 Å². The average Bonchev–Trinajstić information content (AvgIpc) is 0.917. The maximum Gasteiger partial charge on any atom is 0.472 e. The Bertz CT molecular complexity index is 2450. The molecule has 0 aromatic rings. The quantitative estimate of drug-likeness (QED) is 0.0146. The molecule has 0 fully saturated rings. The van der Waals surface area contributed by atoms with Gasteiger partial charge < -0.3 is 34.2 Å². The number of carbonyl (C=O) groups is 3. The van der Waals surface area contributed by atoms with Crippen molar-refractivity contribution in [1.29, 1.82) is 0 Å². The van der Waals surface area contributed by atoms with Crippen LogP contribution in [0, 0.1) is 0 Å². The third-order valence-electron chi connectivity index (χ3n) is 16.5.